The second kappa shape index (κ2) is 14.5. The number of hydrogen-bond donors (Lipinski definition) is 0. The van der Waals surface area contributed by atoms with E-state index in [1.807, 2.05) is 30.1 Å². The summed E-state index contributed by atoms with van der Waals surface area (Å²) >= 11 is 0. The predicted octanol–water partition coefficient (Wildman–Crippen LogP) is 14.5. The van der Waals surface area contributed by atoms with Gasteiger partial charge in [0.1, 0.15) is 0 Å². The molecule has 0 bridgehead atoms. The molecule has 0 saturated carbocycles. The summed E-state index contributed by atoms with van der Waals surface area (Å²) in [7, 11) is 4.19. The first-order valence-electron chi connectivity index (χ1n) is 23.2. The van der Waals surface area contributed by atoms with Crippen molar-refractivity contribution in [2.45, 2.75) is 110 Å². The molecule has 6 nitrogen and oxygen atoms in total. The van der Waals surface area contributed by atoms with Crippen molar-refractivity contribution in [2.75, 3.05) is 16.8 Å². The Labute approximate surface area is 405 Å². The van der Waals surface area contributed by atoms with Crippen LogP contribution in [0.4, 0.5) is 17.1 Å². The smallest absolute Gasteiger partial charge is 0.212 e. The van der Waals surface area contributed by atoms with Crippen LogP contribution in [-0.4, -0.2) is 21.2 Å². The molecule has 0 saturated heterocycles. The molecular weight excluding hydrogens is 990 g/mol. The van der Waals surface area contributed by atoms with Crippen molar-refractivity contribution in [2.24, 2.45) is 7.05 Å². The van der Waals surface area contributed by atoms with Gasteiger partial charge in [0.25, 0.3) is 0 Å². The number of aryl methyl sites for hydroxylation is 1. The number of rotatable bonds is 3. The number of anilines is 3. The van der Waals surface area contributed by atoms with Gasteiger partial charge >= 0.3 is 0 Å². The first kappa shape index (κ1) is 44.3. The van der Waals surface area contributed by atoms with E-state index in [4.69, 9.17) is 9.72 Å². The molecule has 6 aromatic carbocycles. The fraction of sp³-hybridized carbons (Fsp3) is 0.322. The van der Waals surface area contributed by atoms with Crippen LogP contribution in [0.2, 0.25) is 0 Å². The largest absolute Gasteiger partial charge is 0.509 e. The van der Waals surface area contributed by atoms with E-state index in [-0.39, 0.29) is 42.7 Å². The molecule has 4 heterocycles. The normalized spacial score (nSPS) is 15.0. The van der Waals surface area contributed by atoms with Gasteiger partial charge in [-0.25, -0.2) is 4.98 Å². The van der Waals surface area contributed by atoms with E-state index >= 15 is 0 Å². The number of fused-ring (bicyclic) bond motifs is 12. The molecule has 0 radical (unpaired) electrons. The Morgan fingerprint density at radius 2 is 1.23 bits per heavy atom. The third kappa shape index (κ3) is 6.26. The van der Waals surface area contributed by atoms with E-state index in [1.54, 1.807) is 0 Å². The Morgan fingerprint density at radius 3 is 1.82 bits per heavy atom. The van der Waals surface area contributed by atoms with Crippen LogP contribution in [0.5, 0.6) is 11.5 Å². The van der Waals surface area contributed by atoms with Gasteiger partial charge in [0.2, 0.25) is 5.95 Å². The second-order valence-corrected chi connectivity index (χ2v) is 22.9. The zero-order valence-corrected chi connectivity index (χ0v) is 43.1. The fourth-order valence-electron chi connectivity index (χ4n) is 11.1. The zero-order chi connectivity index (χ0) is 45.9. The molecule has 11 rings (SSSR count). The summed E-state index contributed by atoms with van der Waals surface area (Å²) in [6.07, 6.45) is 3.81. The number of aromatic nitrogens is 3. The molecule has 1 aliphatic carbocycles. The van der Waals surface area contributed by atoms with Crippen molar-refractivity contribution in [1.82, 2.24) is 14.1 Å². The van der Waals surface area contributed by atoms with Crippen LogP contribution < -0.4 is 14.5 Å². The summed E-state index contributed by atoms with van der Waals surface area (Å²) in [5.41, 5.74) is 17.7. The Balaban J connectivity index is 0.00000511. The Morgan fingerprint density at radius 1 is 0.621 bits per heavy atom. The van der Waals surface area contributed by atoms with Crippen LogP contribution in [0.1, 0.15) is 128 Å². The molecule has 0 fully saturated rings. The van der Waals surface area contributed by atoms with Gasteiger partial charge in [-0.2, -0.15) is 18.8 Å². The molecule has 66 heavy (non-hydrogen) atoms. The van der Waals surface area contributed by atoms with Crippen LogP contribution >= 0.6 is 0 Å². The SMILES string of the molecule is CN1[CH-]N2c3[c-]c(Oc4[c-]c5c(cc4)c4ccccc4n5-c4nccn4C)ccc3C3(c4cccc1c42)c1c(cc(C(C)(C)C)cc1C(C)(C)C)-c1cc(C(C)(C)C)cc(C(C)(C)C)c13.[Pt]. The van der Waals surface area contributed by atoms with E-state index in [1.165, 1.54) is 67.0 Å². The number of ether oxygens (including phenoxy) is 1. The topological polar surface area (TPSA) is 38.5 Å². The summed E-state index contributed by atoms with van der Waals surface area (Å²) in [5.74, 6) is 2.07. The van der Waals surface area contributed by atoms with Crippen LogP contribution in [-0.2, 0) is 55.2 Å². The van der Waals surface area contributed by atoms with Gasteiger partial charge in [-0.1, -0.05) is 149 Å². The number of para-hydroxylation sites is 2. The van der Waals surface area contributed by atoms with Gasteiger partial charge in [-0.3, -0.25) is 0 Å². The van der Waals surface area contributed by atoms with Crippen LogP contribution in [0.15, 0.2) is 103 Å². The van der Waals surface area contributed by atoms with E-state index in [0.29, 0.717) is 11.5 Å². The second-order valence-electron chi connectivity index (χ2n) is 22.9. The maximum Gasteiger partial charge on any atom is 0.212 e. The van der Waals surface area contributed by atoms with Crippen molar-refractivity contribution in [3.8, 4) is 28.6 Å². The number of nitrogens with zero attached hydrogens (tertiary/aromatic N) is 5. The van der Waals surface area contributed by atoms with Crippen LogP contribution in [0.3, 0.4) is 0 Å². The summed E-state index contributed by atoms with van der Waals surface area (Å²) in [5, 5.41) is 2.24. The molecule has 8 aromatic rings. The van der Waals surface area contributed by atoms with Crippen LogP contribution in [0, 0.1) is 18.8 Å². The maximum atomic E-state index is 6.92. The molecule has 2 aromatic heterocycles. The van der Waals surface area contributed by atoms with Gasteiger partial charge in [0.15, 0.2) is 0 Å². The molecule has 2 aliphatic heterocycles. The average molecular weight is 1050 g/mol. The average Bonchev–Trinajstić information content (AvgIpc) is 3.98. The quantitative estimate of drug-likeness (QED) is 0.165. The van der Waals surface area contributed by atoms with Crippen molar-refractivity contribution in [1.29, 1.82) is 0 Å². The molecule has 0 atom stereocenters. The van der Waals surface area contributed by atoms with E-state index in [0.717, 1.165) is 33.4 Å². The third-order valence-electron chi connectivity index (χ3n) is 14.3. The van der Waals surface area contributed by atoms with E-state index < -0.39 is 5.41 Å². The fourth-order valence-corrected chi connectivity index (χ4v) is 11.1. The Kier molecular flexibility index (Phi) is 9.70. The van der Waals surface area contributed by atoms with Crippen LogP contribution in [0.25, 0.3) is 38.9 Å². The van der Waals surface area contributed by atoms with Crippen molar-refractivity contribution < 1.29 is 25.8 Å². The number of hydrogen-bond acceptors (Lipinski definition) is 4. The minimum absolute atomic E-state index is 0. The first-order chi connectivity index (χ1) is 30.6. The molecule has 0 amide bonds. The van der Waals surface area contributed by atoms with Crippen molar-refractivity contribution in [3.63, 3.8) is 0 Å². The van der Waals surface area contributed by atoms with Crippen molar-refractivity contribution >= 4 is 38.9 Å². The molecule has 340 valence electrons. The molecule has 7 heteroatoms. The zero-order valence-electron chi connectivity index (χ0n) is 40.9. The molecule has 1 spiro atoms. The van der Waals surface area contributed by atoms with Gasteiger partial charge in [-0.05, 0) is 96.3 Å². The summed E-state index contributed by atoms with van der Waals surface area (Å²) in [6, 6.07) is 41.9. The van der Waals surface area contributed by atoms with Gasteiger partial charge in [0, 0.05) is 74.3 Å². The molecule has 3 aliphatic rings. The summed E-state index contributed by atoms with van der Waals surface area (Å²) in [6.45, 7) is 30.7. The number of imidazole rings is 1. The molecule has 0 N–H and O–H groups in total. The Hall–Kier alpha value is -5.58. The van der Waals surface area contributed by atoms with Gasteiger partial charge in [-0.15, -0.1) is 35.2 Å². The third-order valence-corrected chi connectivity index (χ3v) is 14.3. The van der Waals surface area contributed by atoms with Crippen molar-refractivity contribution in [3.05, 3.63) is 167 Å². The minimum atomic E-state index is -0.665. The van der Waals surface area contributed by atoms with Gasteiger partial charge in [0.05, 0.1) is 0 Å². The maximum absolute atomic E-state index is 6.92. The van der Waals surface area contributed by atoms with E-state index in [2.05, 4.69) is 208 Å². The van der Waals surface area contributed by atoms with Gasteiger partial charge < -0.3 is 23.7 Å². The summed E-state index contributed by atoms with van der Waals surface area (Å²) in [4.78, 5) is 9.38. The predicted molar refractivity (Wildman–Crippen MR) is 269 cm³/mol. The molecule has 0 unspecified atom stereocenters. The molecular formula is C59H60N5OPt-3. The number of benzene rings is 6. The minimum Gasteiger partial charge on any atom is -0.509 e. The standard InChI is InChI=1S/C59H60N5O.Pt/c1-55(2,3)35-28-41-42-29-36(56(4,5)6)31-46(58(10,11)12)52(42)59(51(41)45(30-35)57(7,8)9)43-25-23-38(33-50(43)63-34-62(14)48-21-17-19-44(59)53(48)63)65-37-22-24-40-39-18-15-16-20-47(39)64(49(40)32-37)54-60-26-27-61(54)13;/h15-31,34H,1-14H3;/q-3;. The van der Waals surface area contributed by atoms with E-state index in [9.17, 15) is 0 Å². The first-order valence-corrected chi connectivity index (χ1v) is 23.2. The Bertz CT molecular complexity index is 3220. The monoisotopic (exact) mass is 1050 g/mol. The summed E-state index contributed by atoms with van der Waals surface area (Å²) < 4.78 is 11.1.